The Morgan fingerprint density at radius 3 is 2.90 bits per heavy atom. The highest BCUT2D eigenvalue weighted by atomic mass is 16.4. The van der Waals surface area contributed by atoms with Gasteiger partial charge in [-0.2, -0.15) is 0 Å². The van der Waals surface area contributed by atoms with E-state index in [-0.39, 0.29) is 25.5 Å². The number of aromatic nitrogens is 2. The number of nitrogens with zero attached hydrogens (tertiary/aromatic N) is 3. The molecule has 1 aromatic rings. The quantitative estimate of drug-likeness (QED) is 0.664. The van der Waals surface area contributed by atoms with Crippen molar-refractivity contribution in [2.45, 2.75) is 38.0 Å². The lowest BCUT2D eigenvalue weighted by Gasteiger charge is -2.35. The maximum atomic E-state index is 12.6. The molecule has 0 aliphatic carbocycles. The van der Waals surface area contributed by atoms with Gasteiger partial charge in [0, 0.05) is 13.0 Å². The number of nitrogens with one attached hydrogen (secondary N) is 1. The SMILES string of the molecule is CC1(O)CCN(C(=O)N2Cc3[nH]cnc3CC2C(=O)O)C1. The van der Waals surface area contributed by atoms with Crippen molar-refractivity contribution in [3.8, 4) is 0 Å². The summed E-state index contributed by atoms with van der Waals surface area (Å²) in [4.78, 5) is 33.9. The Balaban J connectivity index is 1.82. The Bertz CT molecular complexity index is 582. The van der Waals surface area contributed by atoms with Crippen LogP contribution in [0.5, 0.6) is 0 Å². The van der Waals surface area contributed by atoms with Gasteiger partial charge in [-0.1, -0.05) is 0 Å². The van der Waals surface area contributed by atoms with Crippen LogP contribution >= 0.6 is 0 Å². The van der Waals surface area contributed by atoms with Crippen LogP contribution in [0.25, 0.3) is 0 Å². The van der Waals surface area contributed by atoms with E-state index in [0.717, 1.165) is 5.69 Å². The average molecular weight is 294 g/mol. The van der Waals surface area contributed by atoms with Gasteiger partial charge in [-0.15, -0.1) is 0 Å². The Morgan fingerprint density at radius 1 is 1.52 bits per heavy atom. The third kappa shape index (κ3) is 2.46. The van der Waals surface area contributed by atoms with Gasteiger partial charge in [0.05, 0.1) is 36.4 Å². The van der Waals surface area contributed by atoms with Crippen molar-refractivity contribution in [3.05, 3.63) is 17.7 Å². The fourth-order valence-corrected chi connectivity index (χ4v) is 2.95. The fraction of sp³-hybridized carbons (Fsp3) is 0.615. The monoisotopic (exact) mass is 294 g/mol. The number of fused-ring (bicyclic) bond motifs is 1. The number of urea groups is 1. The van der Waals surface area contributed by atoms with Crippen LogP contribution in [-0.4, -0.2) is 66.7 Å². The third-order valence-corrected chi connectivity index (χ3v) is 4.15. The maximum Gasteiger partial charge on any atom is 0.326 e. The van der Waals surface area contributed by atoms with E-state index in [1.165, 1.54) is 16.1 Å². The minimum atomic E-state index is -1.04. The third-order valence-electron chi connectivity index (χ3n) is 4.15. The Hall–Kier alpha value is -2.09. The summed E-state index contributed by atoms with van der Waals surface area (Å²) in [5.74, 6) is -1.04. The second-order valence-electron chi connectivity index (χ2n) is 5.96. The predicted octanol–water partition coefficient (Wildman–Crippen LogP) is -0.202. The zero-order chi connectivity index (χ0) is 15.2. The highest BCUT2D eigenvalue weighted by Crippen LogP contribution is 2.26. The fourth-order valence-electron chi connectivity index (χ4n) is 2.95. The number of hydrogen-bond acceptors (Lipinski definition) is 4. The van der Waals surface area contributed by atoms with Gasteiger partial charge in [-0.25, -0.2) is 14.6 Å². The Labute approximate surface area is 121 Å². The van der Waals surface area contributed by atoms with Crippen LogP contribution in [0.2, 0.25) is 0 Å². The molecule has 0 bridgehead atoms. The van der Waals surface area contributed by atoms with Gasteiger partial charge < -0.3 is 25.0 Å². The van der Waals surface area contributed by atoms with E-state index in [1.54, 1.807) is 6.92 Å². The van der Waals surface area contributed by atoms with Crippen molar-refractivity contribution in [1.29, 1.82) is 0 Å². The van der Waals surface area contributed by atoms with Gasteiger partial charge in [0.15, 0.2) is 0 Å². The molecule has 2 atom stereocenters. The van der Waals surface area contributed by atoms with Crippen LogP contribution in [0.4, 0.5) is 4.79 Å². The van der Waals surface area contributed by atoms with E-state index in [4.69, 9.17) is 0 Å². The molecule has 0 radical (unpaired) electrons. The van der Waals surface area contributed by atoms with Crippen molar-refractivity contribution >= 4 is 12.0 Å². The Morgan fingerprint density at radius 2 is 2.29 bits per heavy atom. The van der Waals surface area contributed by atoms with E-state index < -0.39 is 17.6 Å². The summed E-state index contributed by atoms with van der Waals surface area (Å²) < 4.78 is 0. The first-order valence-corrected chi connectivity index (χ1v) is 6.89. The number of likely N-dealkylation sites (tertiary alicyclic amines) is 1. The molecule has 8 heteroatoms. The van der Waals surface area contributed by atoms with E-state index in [1.807, 2.05) is 0 Å². The molecule has 0 spiro atoms. The van der Waals surface area contributed by atoms with E-state index in [2.05, 4.69) is 9.97 Å². The van der Waals surface area contributed by atoms with E-state index in [9.17, 15) is 19.8 Å². The molecule has 1 saturated heterocycles. The molecule has 1 aromatic heterocycles. The number of imidazole rings is 1. The molecule has 1 fully saturated rings. The van der Waals surface area contributed by atoms with E-state index in [0.29, 0.717) is 18.7 Å². The summed E-state index contributed by atoms with van der Waals surface area (Å²) in [5.41, 5.74) is 0.565. The highest BCUT2D eigenvalue weighted by molar-refractivity contribution is 5.83. The molecule has 21 heavy (non-hydrogen) atoms. The maximum absolute atomic E-state index is 12.6. The molecule has 3 rings (SSSR count). The lowest BCUT2D eigenvalue weighted by Crippen LogP contribution is -2.53. The van der Waals surface area contributed by atoms with Crippen molar-refractivity contribution in [1.82, 2.24) is 19.8 Å². The summed E-state index contributed by atoms with van der Waals surface area (Å²) in [6.07, 6.45) is 2.21. The predicted molar refractivity (Wildman–Crippen MR) is 71.5 cm³/mol. The molecule has 0 aromatic carbocycles. The van der Waals surface area contributed by atoms with Gasteiger partial charge >= 0.3 is 12.0 Å². The molecule has 2 aliphatic heterocycles. The van der Waals surface area contributed by atoms with Crippen LogP contribution in [0.3, 0.4) is 0 Å². The van der Waals surface area contributed by atoms with Gasteiger partial charge in [0.2, 0.25) is 0 Å². The number of aliphatic carboxylic acids is 1. The molecular formula is C13H18N4O4. The summed E-state index contributed by atoms with van der Waals surface area (Å²) in [6, 6.07) is -1.26. The zero-order valence-corrected chi connectivity index (χ0v) is 11.7. The first-order valence-electron chi connectivity index (χ1n) is 6.89. The molecule has 8 nitrogen and oxygen atoms in total. The van der Waals surface area contributed by atoms with Crippen molar-refractivity contribution in [2.75, 3.05) is 13.1 Å². The Kier molecular flexibility index (Phi) is 3.12. The number of carboxylic acid groups (broad SMARTS) is 1. The van der Waals surface area contributed by atoms with Crippen LogP contribution < -0.4 is 0 Å². The summed E-state index contributed by atoms with van der Waals surface area (Å²) in [6.45, 7) is 2.54. The van der Waals surface area contributed by atoms with Gasteiger partial charge in [0.25, 0.3) is 0 Å². The van der Waals surface area contributed by atoms with E-state index >= 15 is 0 Å². The number of hydrogen-bond donors (Lipinski definition) is 3. The minimum Gasteiger partial charge on any atom is -0.480 e. The number of carboxylic acids is 1. The van der Waals surface area contributed by atoms with Crippen molar-refractivity contribution in [3.63, 3.8) is 0 Å². The standard InChI is InChI=1S/C13H18N4O4/c1-13(21)2-3-16(6-13)12(20)17-5-9-8(14-7-15-9)4-10(17)11(18)19/h7,10,21H,2-6H2,1H3,(H,14,15)(H,18,19). The van der Waals surface area contributed by atoms with Crippen LogP contribution in [0.15, 0.2) is 6.33 Å². The molecule has 2 amide bonds. The number of β-amino-alcohol motifs (C(OH)–C–C–N with tert-alkyl or cyclic N) is 1. The second-order valence-corrected chi connectivity index (χ2v) is 5.96. The highest BCUT2D eigenvalue weighted by Gasteiger charge is 2.41. The molecule has 2 unspecified atom stereocenters. The number of H-pyrrole nitrogens is 1. The second kappa shape index (κ2) is 4.73. The molecule has 3 N–H and O–H groups in total. The lowest BCUT2D eigenvalue weighted by molar-refractivity contribution is -0.142. The van der Waals surface area contributed by atoms with Crippen LogP contribution in [0, 0.1) is 0 Å². The number of aromatic amines is 1. The molecular weight excluding hydrogens is 276 g/mol. The molecule has 114 valence electrons. The number of rotatable bonds is 1. The molecule has 3 heterocycles. The lowest BCUT2D eigenvalue weighted by atomic mass is 10.0. The largest absolute Gasteiger partial charge is 0.480 e. The smallest absolute Gasteiger partial charge is 0.326 e. The number of aliphatic hydroxyl groups is 1. The summed E-state index contributed by atoms with van der Waals surface area (Å²) >= 11 is 0. The average Bonchev–Trinajstić information content (AvgIpc) is 3.01. The molecule has 0 saturated carbocycles. The van der Waals surface area contributed by atoms with Gasteiger partial charge in [-0.05, 0) is 13.3 Å². The molecule has 2 aliphatic rings. The van der Waals surface area contributed by atoms with Gasteiger partial charge in [-0.3, -0.25) is 0 Å². The minimum absolute atomic E-state index is 0.198. The zero-order valence-electron chi connectivity index (χ0n) is 11.7. The summed E-state index contributed by atoms with van der Waals surface area (Å²) in [7, 11) is 0. The number of amides is 2. The first-order chi connectivity index (χ1) is 9.87. The van der Waals surface area contributed by atoms with Gasteiger partial charge in [0.1, 0.15) is 6.04 Å². The van der Waals surface area contributed by atoms with Crippen LogP contribution in [0.1, 0.15) is 24.7 Å². The number of carbonyl (C=O) groups is 2. The van der Waals surface area contributed by atoms with Crippen molar-refractivity contribution in [2.24, 2.45) is 0 Å². The summed E-state index contributed by atoms with van der Waals surface area (Å²) in [5, 5.41) is 19.3. The van der Waals surface area contributed by atoms with Crippen molar-refractivity contribution < 1.29 is 19.8 Å². The topological polar surface area (TPSA) is 110 Å². The van der Waals surface area contributed by atoms with Crippen LogP contribution in [-0.2, 0) is 17.8 Å². The first kappa shape index (κ1) is 13.9. The normalized spacial score (nSPS) is 28.6. The number of carbonyl (C=O) groups excluding carboxylic acids is 1.